The number of hydrogen-bond donors (Lipinski definition) is 1. The zero-order chi connectivity index (χ0) is 55.6. The van der Waals surface area contributed by atoms with Crippen LogP contribution < -0.4 is 15.1 Å². The van der Waals surface area contributed by atoms with Crippen molar-refractivity contribution in [3.8, 4) is 0 Å². The van der Waals surface area contributed by atoms with Gasteiger partial charge in [-0.05, 0) is 244 Å². The third-order valence-electron chi connectivity index (χ3n) is 22.8. The highest BCUT2D eigenvalue weighted by Gasteiger charge is 2.52. The fourth-order valence-electron chi connectivity index (χ4n) is 18.0. The van der Waals surface area contributed by atoms with Crippen molar-refractivity contribution in [3.05, 3.63) is 101 Å². The van der Waals surface area contributed by atoms with Crippen LogP contribution in [-0.4, -0.2) is 134 Å². The van der Waals surface area contributed by atoms with E-state index in [4.69, 9.17) is 4.74 Å². The number of likely N-dealkylation sites (tertiary alicyclic amines) is 3. The Morgan fingerprint density at radius 2 is 1.17 bits per heavy atom. The molecule has 436 valence electrons. The third kappa shape index (κ3) is 10.6. The number of carbonyl (C=O) groups is 3. The highest BCUT2D eigenvalue weighted by Crippen LogP contribution is 2.52. The van der Waals surface area contributed by atoms with Crippen LogP contribution in [0.5, 0.6) is 0 Å². The van der Waals surface area contributed by atoms with Crippen LogP contribution in [0.15, 0.2) is 66.7 Å². The first-order valence-electron chi connectivity index (χ1n) is 31.8. The molecular weight excluding hydrogens is 1020 g/mol. The van der Waals surface area contributed by atoms with Gasteiger partial charge in [-0.25, -0.2) is 18.0 Å². The first-order valence-corrected chi connectivity index (χ1v) is 31.8. The van der Waals surface area contributed by atoms with Crippen LogP contribution >= 0.6 is 0 Å². The summed E-state index contributed by atoms with van der Waals surface area (Å²) in [6, 6.07) is 16.3. The average Bonchev–Trinajstić information content (AvgIpc) is 4.08. The summed E-state index contributed by atoms with van der Waals surface area (Å²) in [5, 5.41) is 3.50. The predicted octanol–water partition coefficient (Wildman–Crippen LogP) is 12.0. The molecular formula is C67H88F3N7O4. The van der Waals surface area contributed by atoms with Gasteiger partial charge in [0.05, 0.1) is 6.61 Å². The van der Waals surface area contributed by atoms with E-state index in [1.807, 2.05) is 33.8 Å². The lowest BCUT2D eigenvalue weighted by molar-refractivity contribution is -0.124. The molecule has 3 aromatic carbocycles. The first-order chi connectivity index (χ1) is 39.3. The van der Waals surface area contributed by atoms with E-state index < -0.39 is 0 Å². The van der Waals surface area contributed by atoms with Crippen molar-refractivity contribution in [1.29, 1.82) is 0 Å². The van der Waals surface area contributed by atoms with E-state index in [1.54, 1.807) is 37.3 Å². The lowest BCUT2D eigenvalue weighted by Gasteiger charge is -2.47. The molecule has 8 aliphatic heterocycles. The minimum Gasteiger partial charge on any atom is -0.450 e. The second kappa shape index (κ2) is 22.6. The summed E-state index contributed by atoms with van der Waals surface area (Å²) in [6.45, 7) is 15.2. The fraction of sp³-hybridized carbons (Fsp3) is 0.657. The normalized spacial score (nSPS) is 29.5. The van der Waals surface area contributed by atoms with Crippen LogP contribution in [0.25, 0.3) is 0 Å². The maximum atomic E-state index is 14.3. The first kappa shape index (κ1) is 55.3. The molecule has 5 unspecified atom stereocenters. The number of fused-ring (bicyclic) bond motifs is 10. The number of amides is 3. The smallest absolute Gasteiger partial charge is 0.410 e. The second-order valence-electron chi connectivity index (χ2n) is 27.3. The molecule has 4 aliphatic carbocycles. The molecule has 3 spiro atoms. The maximum Gasteiger partial charge on any atom is 0.410 e. The number of carbonyl (C=O) groups excluding carboxylic acids is 3. The molecule has 4 bridgehead atoms. The third-order valence-corrected chi connectivity index (χ3v) is 22.8. The van der Waals surface area contributed by atoms with Gasteiger partial charge in [-0.1, -0.05) is 31.4 Å². The Morgan fingerprint density at radius 1 is 0.605 bits per heavy atom. The van der Waals surface area contributed by atoms with Crippen LogP contribution in [0.3, 0.4) is 0 Å². The fourth-order valence-corrected chi connectivity index (χ4v) is 18.0. The van der Waals surface area contributed by atoms with Gasteiger partial charge < -0.3 is 39.5 Å². The van der Waals surface area contributed by atoms with E-state index in [2.05, 4.69) is 32.2 Å². The molecule has 15 rings (SSSR count). The van der Waals surface area contributed by atoms with E-state index in [1.165, 1.54) is 69.3 Å². The highest BCUT2D eigenvalue weighted by atomic mass is 19.1. The van der Waals surface area contributed by atoms with Crippen molar-refractivity contribution in [2.45, 2.75) is 170 Å². The number of rotatable bonds is 7. The lowest BCUT2D eigenvalue weighted by Crippen LogP contribution is -2.55. The van der Waals surface area contributed by atoms with Crippen molar-refractivity contribution in [2.75, 3.05) is 93.7 Å². The molecule has 0 aromatic heterocycles. The number of hydrogen-bond acceptors (Lipinski definition) is 8. The van der Waals surface area contributed by atoms with Crippen LogP contribution in [0.2, 0.25) is 0 Å². The summed E-state index contributed by atoms with van der Waals surface area (Å²) in [5.74, 6) is 3.43. The number of halogens is 3. The zero-order valence-corrected chi connectivity index (χ0v) is 48.3. The van der Waals surface area contributed by atoms with Crippen molar-refractivity contribution < 1.29 is 32.3 Å². The molecule has 1 N–H and O–H groups in total. The van der Waals surface area contributed by atoms with Gasteiger partial charge in [0.2, 0.25) is 11.8 Å². The largest absolute Gasteiger partial charge is 0.450 e. The molecule has 8 fully saturated rings. The van der Waals surface area contributed by atoms with Crippen molar-refractivity contribution in [3.63, 3.8) is 0 Å². The summed E-state index contributed by atoms with van der Waals surface area (Å²) in [4.78, 5) is 51.4. The van der Waals surface area contributed by atoms with Gasteiger partial charge in [0, 0.05) is 97.0 Å². The van der Waals surface area contributed by atoms with Gasteiger partial charge >= 0.3 is 6.09 Å². The summed E-state index contributed by atoms with van der Waals surface area (Å²) in [6.07, 6.45) is 26.7. The summed E-state index contributed by atoms with van der Waals surface area (Å²) in [7, 11) is 0. The van der Waals surface area contributed by atoms with Gasteiger partial charge in [-0.2, -0.15) is 0 Å². The summed E-state index contributed by atoms with van der Waals surface area (Å²) in [5.41, 5.74) is 6.31. The van der Waals surface area contributed by atoms with E-state index >= 15 is 0 Å². The quantitative estimate of drug-likeness (QED) is 0.234. The second-order valence-corrected chi connectivity index (χ2v) is 27.3. The molecule has 14 heteroatoms. The summed E-state index contributed by atoms with van der Waals surface area (Å²) < 4.78 is 47.2. The number of benzene rings is 3. The van der Waals surface area contributed by atoms with E-state index in [0.717, 1.165) is 188 Å². The van der Waals surface area contributed by atoms with Crippen LogP contribution in [0, 0.1) is 47.0 Å². The molecule has 12 aliphatic rings. The minimum absolute atomic E-state index is 0.0463. The molecule has 81 heavy (non-hydrogen) atoms. The Morgan fingerprint density at radius 3 is 1.74 bits per heavy atom. The Balaban J connectivity index is 0.000000118. The Labute approximate surface area is 479 Å². The van der Waals surface area contributed by atoms with Crippen LogP contribution in [0.4, 0.5) is 35.0 Å². The lowest BCUT2D eigenvalue weighted by atomic mass is 9.73. The molecule has 11 nitrogen and oxygen atoms in total. The molecule has 5 atom stereocenters. The SMILES string of the molecule is CC(=O)N1CC2(CCN(CC3CCCC3)CC2)c2cc(F)ccc21.CCOC(=O)N1C2CCC1CC(N1CCC3(CC1)CN(C(=O)C1CCC1)c1ccc(F)cc13)C2.Fc1ccc2c(c1)C1(CCN(CC3CC4C=CC3C4)CC1)CN2. The Kier molecular flexibility index (Phi) is 15.4. The van der Waals surface area contributed by atoms with E-state index in [9.17, 15) is 27.6 Å². The molecule has 3 aromatic rings. The predicted molar refractivity (Wildman–Crippen MR) is 312 cm³/mol. The van der Waals surface area contributed by atoms with Crippen LogP contribution in [0.1, 0.15) is 153 Å². The van der Waals surface area contributed by atoms with E-state index in [0.29, 0.717) is 19.2 Å². The number of piperidine rings is 4. The van der Waals surface area contributed by atoms with Crippen molar-refractivity contribution >= 4 is 35.0 Å². The number of anilines is 3. The maximum absolute atomic E-state index is 14.3. The molecule has 8 heterocycles. The van der Waals surface area contributed by atoms with Crippen LogP contribution in [-0.2, 0) is 30.6 Å². The highest BCUT2D eigenvalue weighted by molar-refractivity contribution is 5.98. The summed E-state index contributed by atoms with van der Waals surface area (Å²) >= 11 is 0. The number of nitrogens with zero attached hydrogens (tertiary/aromatic N) is 6. The monoisotopic (exact) mass is 1110 g/mol. The number of ether oxygens (including phenoxy) is 1. The van der Waals surface area contributed by atoms with Crippen molar-refractivity contribution in [1.82, 2.24) is 19.6 Å². The Hall–Kier alpha value is -4.92. The van der Waals surface area contributed by atoms with Gasteiger partial charge in [0.25, 0.3) is 0 Å². The molecule has 5 saturated heterocycles. The molecule has 3 amide bonds. The average molecular weight is 1110 g/mol. The van der Waals surface area contributed by atoms with E-state index in [-0.39, 0.29) is 69.6 Å². The topological polar surface area (TPSA) is 91.9 Å². The van der Waals surface area contributed by atoms with Gasteiger partial charge in [0.15, 0.2) is 0 Å². The minimum atomic E-state index is -0.207. The van der Waals surface area contributed by atoms with Gasteiger partial charge in [-0.3, -0.25) is 9.59 Å². The standard InChI is InChI=1S/C27H36FN3O3.C20H27FN2O.C20H25FN2/c1-2-34-26(33)31-20-7-8-21(31)16-22(15-20)29-12-10-27(11-13-29)17-30(25(32)18-4-3-5-18)24-9-6-19(28)14-23(24)27;1-15(24)23-14-20(18-12-17(21)6-7-19(18)23)8-10-22(11-9-20)13-16-4-2-3-5-16;21-17-3-4-19-18(11-17)20(13-22-19)5-7-23(8-6-20)12-16-10-14-1-2-15(16)9-14/h6,9,14,18,20-22H,2-5,7-8,10-13,15-17H2,1H3;6-7,12,16H,2-5,8-11,13-14H2,1H3;1-4,11,14-16,22H,5-10,12-13H2. The van der Waals surface area contributed by atoms with Gasteiger partial charge in [-0.15, -0.1) is 0 Å². The van der Waals surface area contributed by atoms with Gasteiger partial charge in [0.1, 0.15) is 17.5 Å². The number of nitrogens with one attached hydrogen (secondary N) is 1. The zero-order valence-electron chi connectivity index (χ0n) is 48.3. The number of allylic oxidation sites excluding steroid dienone is 2. The van der Waals surface area contributed by atoms with Crippen molar-refractivity contribution in [2.24, 2.45) is 29.6 Å². The Bertz CT molecular complexity index is 2830. The molecule has 0 radical (unpaired) electrons. The molecule has 3 saturated carbocycles.